The molecule has 1 saturated carbocycles. The third-order valence-corrected chi connectivity index (χ3v) is 6.94. The molecule has 30 heavy (non-hydrogen) atoms. The molecule has 8 heteroatoms. The van der Waals surface area contributed by atoms with Gasteiger partial charge in [-0.1, -0.05) is 18.2 Å². The number of carbonyl (C=O) groups is 1. The van der Waals surface area contributed by atoms with Crippen LogP contribution in [0, 0.1) is 0 Å². The maximum Gasteiger partial charge on any atom is 0.306 e. The van der Waals surface area contributed by atoms with Crippen molar-refractivity contribution in [3.63, 3.8) is 0 Å². The first-order valence-electron chi connectivity index (χ1n) is 9.83. The van der Waals surface area contributed by atoms with Crippen LogP contribution in [0.4, 0.5) is 0 Å². The van der Waals surface area contributed by atoms with Crippen LogP contribution < -0.4 is 5.56 Å². The van der Waals surface area contributed by atoms with Crippen molar-refractivity contribution in [3.8, 4) is 9.88 Å². The van der Waals surface area contributed by atoms with Crippen molar-refractivity contribution in [2.24, 2.45) is 0 Å². The van der Waals surface area contributed by atoms with Crippen molar-refractivity contribution in [3.05, 3.63) is 69.0 Å². The molecule has 5 rings (SSSR count). The topological polar surface area (TPSA) is 74.1 Å². The minimum absolute atomic E-state index is 0.0185. The van der Waals surface area contributed by atoms with E-state index in [0.717, 1.165) is 28.4 Å². The molecule has 0 amide bonds. The van der Waals surface area contributed by atoms with E-state index in [1.54, 1.807) is 33.3 Å². The fraction of sp³-hybridized carbons (Fsp3) is 0.273. The van der Waals surface area contributed by atoms with E-state index in [9.17, 15) is 9.59 Å². The fourth-order valence-corrected chi connectivity index (χ4v) is 5.02. The van der Waals surface area contributed by atoms with Crippen LogP contribution in [0.25, 0.3) is 20.8 Å². The van der Waals surface area contributed by atoms with Crippen molar-refractivity contribution < 1.29 is 9.53 Å². The molecule has 0 unspecified atom stereocenters. The van der Waals surface area contributed by atoms with Crippen LogP contribution in [0.2, 0.25) is 0 Å². The Morgan fingerprint density at radius 2 is 2.00 bits per heavy atom. The highest BCUT2D eigenvalue weighted by Gasteiger charge is 2.28. The van der Waals surface area contributed by atoms with E-state index < -0.39 is 0 Å². The molecule has 0 atom stereocenters. The molecule has 3 aromatic heterocycles. The lowest BCUT2D eigenvalue weighted by Crippen LogP contribution is -2.25. The number of esters is 1. The van der Waals surface area contributed by atoms with Crippen LogP contribution in [0.15, 0.2) is 52.0 Å². The summed E-state index contributed by atoms with van der Waals surface area (Å²) in [6.45, 7) is 0.154. The fourth-order valence-electron chi connectivity index (χ4n) is 3.40. The Morgan fingerprint density at radius 1 is 1.13 bits per heavy atom. The van der Waals surface area contributed by atoms with Crippen LogP contribution >= 0.6 is 22.7 Å². The Hall–Kier alpha value is -2.84. The predicted molar refractivity (Wildman–Crippen MR) is 118 cm³/mol. The number of aryl methyl sites for hydroxylation is 1. The average Bonchev–Trinajstić information content (AvgIpc) is 3.24. The van der Waals surface area contributed by atoms with E-state index in [0.29, 0.717) is 23.1 Å². The second-order valence-corrected chi connectivity index (χ2v) is 9.04. The van der Waals surface area contributed by atoms with Crippen LogP contribution in [0.3, 0.4) is 0 Å². The van der Waals surface area contributed by atoms with Gasteiger partial charge in [0.1, 0.15) is 17.4 Å². The Kier molecular flexibility index (Phi) is 5.18. The largest absolute Gasteiger partial charge is 0.459 e. The minimum Gasteiger partial charge on any atom is -0.459 e. The smallest absolute Gasteiger partial charge is 0.306 e. The summed E-state index contributed by atoms with van der Waals surface area (Å²) in [5.74, 6) is 0.345. The summed E-state index contributed by atoms with van der Waals surface area (Å²) in [5.41, 5.74) is 1.40. The first kappa shape index (κ1) is 19.1. The molecule has 0 aliphatic heterocycles. The summed E-state index contributed by atoms with van der Waals surface area (Å²) in [5, 5.41) is 5.49. The predicted octanol–water partition coefficient (Wildman–Crippen LogP) is 4.59. The second-order valence-electron chi connectivity index (χ2n) is 7.23. The standard InChI is InChI=1S/C22H19N3O3S2/c26-20(28-12-14-13-30-21(23-14)18-6-3-11-29-18)10-9-19-24-17-5-2-1-4-16(17)22(27)25(19)15-7-8-15/h1-6,11,13,15H,7-10,12H2. The highest BCUT2D eigenvalue weighted by Crippen LogP contribution is 2.35. The number of benzene rings is 1. The average molecular weight is 438 g/mol. The Labute approximate surface area is 180 Å². The number of hydrogen-bond acceptors (Lipinski definition) is 7. The van der Waals surface area contributed by atoms with Gasteiger partial charge in [-0.25, -0.2) is 9.97 Å². The van der Waals surface area contributed by atoms with E-state index in [4.69, 9.17) is 4.74 Å². The minimum atomic E-state index is -0.314. The molecular formula is C22H19N3O3S2. The second kappa shape index (κ2) is 8.12. The van der Waals surface area contributed by atoms with Crippen molar-refractivity contribution in [2.75, 3.05) is 0 Å². The van der Waals surface area contributed by atoms with Gasteiger partial charge < -0.3 is 4.74 Å². The molecule has 6 nitrogen and oxygen atoms in total. The number of carbonyl (C=O) groups excluding carboxylic acids is 1. The zero-order valence-corrected chi connectivity index (χ0v) is 17.7. The molecular weight excluding hydrogens is 418 g/mol. The summed E-state index contributed by atoms with van der Waals surface area (Å²) >= 11 is 3.18. The number of hydrogen-bond donors (Lipinski definition) is 0. The van der Waals surface area contributed by atoms with Gasteiger partial charge in [0.25, 0.3) is 5.56 Å². The van der Waals surface area contributed by atoms with Crippen molar-refractivity contribution in [1.82, 2.24) is 14.5 Å². The summed E-state index contributed by atoms with van der Waals surface area (Å²) < 4.78 is 7.17. The molecule has 0 bridgehead atoms. The van der Waals surface area contributed by atoms with Gasteiger partial charge in [0, 0.05) is 17.8 Å². The lowest BCUT2D eigenvalue weighted by Gasteiger charge is -2.12. The summed E-state index contributed by atoms with van der Waals surface area (Å²) in [7, 11) is 0. The first-order valence-corrected chi connectivity index (χ1v) is 11.6. The Morgan fingerprint density at radius 3 is 2.80 bits per heavy atom. The van der Waals surface area contributed by atoms with Crippen LogP contribution in [-0.2, 0) is 22.6 Å². The highest BCUT2D eigenvalue weighted by atomic mass is 32.1. The molecule has 0 radical (unpaired) electrons. The molecule has 3 heterocycles. The molecule has 1 aromatic carbocycles. The van der Waals surface area contributed by atoms with E-state index in [2.05, 4.69) is 9.97 Å². The number of ether oxygens (including phenoxy) is 1. The van der Waals surface area contributed by atoms with Crippen molar-refractivity contribution >= 4 is 39.5 Å². The third-order valence-electron chi connectivity index (χ3n) is 5.01. The monoisotopic (exact) mass is 437 g/mol. The molecule has 152 valence electrons. The molecule has 1 fully saturated rings. The van der Waals surface area contributed by atoms with Gasteiger partial charge in [0.15, 0.2) is 0 Å². The Bertz CT molecular complexity index is 1260. The number of thiazole rings is 1. The van der Waals surface area contributed by atoms with Crippen LogP contribution in [0.5, 0.6) is 0 Å². The van der Waals surface area contributed by atoms with E-state index in [-0.39, 0.29) is 30.6 Å². The lowest BCUT2D eigenvalue weighted by atomic mass is 10.2. The number of rotatable bonds is 7. The number of nitrogens with zero attached hydrogens (tertiary/aromatic N) is 3. The van der Waals surface area contributed by atoms with Gasteiger partial charge in [-0.2, -0.15) is 0 Å². The van der Waals surface area contributed by atoms with Gasteiger partial charge in [-0.05, 0) is 36.4 Å². The number of para-hydroxylation sites is 1. The molecule has 0 spiro atoms. The van der Waals surface area contributed by atoms with Crippen LogP contribution in [-0.4, -0.2) is 20.5 Å². The number of fused-ring (bicyclic) bond motifs is 1. The Balaban J connectivity index is 1.25. The summed E-state index contributed by atoms with van der Waals surface area (Å²) in [6.07, 6.45) is 2.52. The van der Waals surface area contributed by atoms with E-state index in [1.165, 1.54) is 0 Å². The summed E-state index contributed by atoms with van der Waals surface area (Å²) in [6, 6.07) is 11.6. The number of thiophene rings is 1. The molecule has 0 N–H and O–H groups in total. The molecule has 1 aliphatic carbocycles. The van der Waals surface area contributed by atoms with Crippen LogP contribution in [0.1, 0.15) is 36.8 Å². The number of aromatic nitrogens is 3. The third kappa shape index (κ3) is 3.93. The van der Waals surface area contributed by atoms with E-state index in [1.807, 2.05) is 41.1 Å². The maximum absolute atomic E-state index is 12.9. The molecule has 4 aromatic rings. The highest BCUT2D eigenvalue weighted by molar-refractivity contribution is 7.20. The van der Waals surface area contributed by atoms with Crippen molar-refractivity contribution in [1.29, 1.82) is 0 Å². The lowest BCUT2D eigenvalue weighted by molar-refractivity contribution is -0.145. The van der Waals surface area contributed by atoms with Gasteiger partial charge in [-0.3, -0.25) is 14.2 Å². The molecule has 1 aliphatic rings. The quantitative estimate of drug-likeness (QED) is 0.395. The van der Waals surface area contributed by atoms with Gasteiger partial charge >= 0.3 is 5.97 Å². The molecule has 0 saturated heterocycles. The normalized spacial score (nSPS) is 13.6. The zero-order chi connectivity index (χ0) is 20.5. The first-order chi connectivity index (χ1) is 14.7. The van der Waals surface area contributed by atoms with Gasteiger partial charge in [0.2, 0.25) is 0 Å². The zero-order valence-electron chi connectivity index (χ0n) is 16.1. The van der Waals surface area contributed by atoms with Gasteiger partial charge in [0.05, 0.1) is 27.9 Å². The summed E-state index contributed by atoms with van der Waals surface area (Å²) in [4.78, 5) is 35.5. The van der Waals surface area contributed by atoms with Gasteiger partial charge in [-0.15, -0.1) is 22.7 Å². The SMILES string of the molecule is O=C(CCc1nc2ccccc2c(=O)n1C1CC1)OCc1csc(-c2cccs2)n1. The van der Waals surface area contributed by atoms with E-state index >= 15 is 0 Å². The van der Waals surface area contributed by atoms with Crippen molar-refractivity contribution in [2.45, 2.75) is 38.3 Å². The maximum atomic E-state index is 12.9.